The van der Waals surface area contributed by atoms with E-state index < -0.39 is 0 Å². The zero-order valence-corrected chi connectivity index (χ0v) is 14.3. The zero-order chi connectivity index (χ0) is 17.8. The monoisotopic (exact) mass is 336 g/mol. The van der Waals surface area contributed by atoms with E-state index in [0.29, 0.717) is 5.69 Å². The van der Waals surface area contributed by atoms with Gasteiger partial charge in [-0.2, -0.15) is 0 Å². The Morgan fingerprint density at radius 3 is 2.32 bits per heavy atom. The number of amides is 1. The SMILES string of the molecule is C[C@@H](N[C@H](C)c1ccc2ccccc2c1)C(=O)Nc1ccc(F)cc1. The normalized spacial score (nSPS) is 13.4. The predicted octanol–water partition coefficient (Wildman–Crippen LogP) is 4.66. The van der Waals surface area contributed by atoms with E-state index >= 15 is 0 Å². The van der Waals surface area contributed by atoms with Gasteiger partial charge < -0.3 is 5.32 Å². The maximum atomic E-state index is 12.9. The molecule has 0 saturated carbocycles. The molecule has 0 bridgehead atoms. The van der Waals surface area contributed by atoms with Crippen LogP contribution < -0.4 is 10.6 Å². The summed E-state index contributed by atoms with van der Waals surface area (Å²) in [5, 5.41) is 8.47. The van der Waals surface area contributed by atoms with Gasteiger partial charge in [0.25, 0.3) is 0 Å². The highest BCUT2D eigenvalue weighted by Crippen LogP contribution is 2.20. The van der Waals surface area contributed by atoms with Crippen LogP contribution in [-0.2, 0) is 4.79 Å². The van der Waals surface area contributed by atoms with Crippen LogP contribution in [0.2, 0.25) is 0 Å². The summed E-state index contributed by atoms with van der Waals surface area (Å²) >= 11 is 0. The van der Waals surface area contributed by atoms with Crippen molar-refractivity contribution in [1.29, 1.82) is 0 Å². The molecule has 2 N–H and O–H groups in total. The van der Waals surface area contributed by atoms with Gasteiger partial charge in [0.05, 0.1) is 6.04 Å². The first-order valence-electron chi connectivity index (χ1n) is 8.34. The molecule has 0 aromatic heterocycles. The first kappa shape index (κ1) is 17.1. The Morgan fingerprint density at radius 2 is 1.60 bits per heavy atom. The van der Waals surface area contributed by atoms with Crippen LogP contribution in [0.15, 0.2) is 66.7 Å². The van der Waals surface area contributed by atoms with Gasteiger partial charge in [-0.15, -0.1) is 0 Å². The molecule has 0 fully saturated rings. The number of anilines is 1. The van der Waals surface area contributed by atoms with Crippen molar-refractivity contribution >= 4 is 22.4 Å². The van der Waals surface area contributed by atoms with Crippen LogP contribution in [0.1, 0.15) is 25.5 Å². The Morgan fingerprint density at radius 1 is 0.920 bits per heavy atom. The van der Waals surface area contributed by atoms with Crippen LogP contribution >= 0.6 is 0 Å². The molecule has 3 nitrogen and oxygen atoms in total. The molecule has 0 aliphatic heterocycles. The van der Waals surface area contributed by atoms with Crippen LogP contribution in [0.5, 0.6) is 0 Å². The molecule has 4 heteroatoms. The van der Waals surface area contributed by atoms with Crippen molar-refractivity contribution in [3.05, 3.63) is 78.1 Å². The molecule has 0 radical (unpaired) electrons. The quantitative estimate of drug-likeness (QED) is 0.712. The number of rotatable bonds is 5. The topological polar surface area (TPSA) is 41.1 Å². The van der Waals surface area contributed by atoms with E-state index in [9.17, 15) is 9.18 Å². The van der Waals surface area contributed by atoms with Gasteiger partial charge in [0.15, 0.2) is 0 Å². The summed E-state index contributed by atoms with van der Waals surface area (Å²) in [6.45, 7) is 3.85. The molecule has 0 unspecified atom stereocenters. The number of hydrogen-bond donors (Lipinski definition) is 2. The average Bonchev–Trinajstić information content (AvgIpc) is 2.63. The summed E-state index contributed by atoms with van der Waals surface area (Å²) < 4.78 is 12.9. The summed E-state index contributed by atoms with van der Waals surface area (Å²) in [7, 11) is 0. The second-order valence-electron chi connectivity index (χ2n) is 6.21. The lowest BCUT2D eigenvalue weighted by Crippen LogP contribution is -2.39. The van der Waals surface area contributed by atoms with E-state index in [1.54, 1.807) is 12.1 Å². The molecule has 0 heterocycles. The van der Waals surface area contributed by atoms with Crippen LogP contribution in [-0.4, -0.2) is 11.9 Å². The third-order valence-corrected chi connectivity index (χ3v) is 4.28. The maximum absolute atomic E-state index is 12.9. The lowest BCUT2D eigenvalue weighted by molar-refractivity contribution is -0.117. The number of carbonyl (C=O) groups is 1. The highest BCUT2D eigenvalue weighted by Gasteiger charge is 2.16. The largest absolute Gasteiger partial charge is 0.325 e. The van der Waals surface area contributed by atoms with Crippen molar-refractivity contribution in [2.75, 3.05) is 5.32 Å². The number of nitrogens with one attached hydrogen (secondary N) is 2. The van der Waals surface area contributed by atoms with Gasteiger partial charge in [-0.25, -0.2) is 4.39 Å². The summed E-state index contributed by atoms with van der Waals surface area (Å²) in [5.74, 6) is -0.478. The third-order valence-electron chi connectivity index (χ3n) is 4.28. The first-order chi connectivity index (χ1) is 12.0. The number of hydrogen-bond acceptors (Lipinski definition) is 2. The Hall–Kier alpha value is -2.72. The molecule has 0 spiro atoms. The molecule has 25 heavy (non-hydrogen) atoms. The lowest BCUT2D eigenvalue weighted by atomic mass is 10.0. The Kier molecular flexibility index (Phi) is 5.10. The fourth-order valence-corrected chi connectivity index (χ4v) is 2.81. The Labute approximate surface area is 146 Å². The molecule has 0 aliphatic rings. The zero-order valence-electron chi connectivity index (χ0n) is 14.3. The molecular weight excluding hydrogens is 315 g/mol. The minimum atomic E-state index is -0.383. The second kappa shape index (κ2) is 7.45. The summed E-state index contributed by atoms with van der Waals surface area (Å²) in [4.78, 5) is 12.3. The molecule has 3 aromatic rings. The van der Waals surface area contributed by atoms with Crippen LogP contribution in [0, 0.1) is 5.82 Å². The fraction of sp³-hybridized carbons (Fsp3) is 0.190. The van der Waals surface area contributed by atoms with E-state index in [-0.39, 0.29) is 23.8 Å². The highest BCUT2D eigenvalue weighted by atomic mass is 19.1. The second-order valence-corrected chi connectivity index (χ2v) is 6.21. The van der Waals surface area contributed by atoms with Gasteiger partial charge in [0.2, 0.25) is 5.91 Å². The fourth-order valence-electron chi connectivity index (χ4n) is 2.81. The highest BCUT2D eigenvalue weighted by molar-refractivity contribution is 5.94. The van der Waals surface area contributed by atoms with E-state index in [2.05, 4.69) is 41.0 Å². The van der Waals surface area contributed by atoms with Gasteiger partial charge in [0, 0.05) is 11.7 Å². The van der Waals surface area contributed by atoms with Crippen molar-refractivity contribution in [2.45, 2.75) is 25.9 Å². The van der Waals surface area contributed by atoms with Gasteiger partial charge in [-0.3, -0.25) is 10.1 Å². The van der Waals surface area contributed by atoms with Gasteiger partial charge in [-0.05, 0) is 60.5 Å². The van der Waals surface area contributed by atoms with Gasteiger partial charge in [-0.1, -0.05) is 36.4 Å². The van der Waals surface area contributed by atoms with Crippen molar-refractivity contribution in [2.24, 2.45) is 0 Å². The van der Waals surface area contributed by atoms with Crippen molar-refractivity contribution < 1.29 is 9.18 Å². The number of halogens is 1. The molecule has 3 rings (SSSR count). The smallest absolute Gasteiger partial charge is 0.241 e. The van der Waals surface area contributed by atoms with Crippen LogP contribution in [0.3, 0.4) is 0 Å². The summed E-state index contributed by atoms with van der Waals surface area (Å²) in [6, 6.07) is 19.9. The maximum Gasteiger partial charge on any atom is 0.241 e. The molecule has 128 valence electrons. The summed E-state index contributed by atoms with van der Waals surface area (Å²) in [5.41, 5.74) is 1.71. The minimum absolute atomic E-state index is 0.0265. The van der Waals surface area contributed by atoms with Gasteiger partial charge >= 0.3 is 0 Å². The van der Waals surface area contributed by atoms with E-state index in [0.717, 1.165) is 5.56 Å². The predicted molar refractivity (Wildman–Crippen MR) is 100.0 cm³/mol. The minimum Gasteiger partial charge on any atom is -0.325 e. The van der Waals surface area contributed by atoms with Crippen molar-refractivity contribution in [3.63, 3.8) is 0 Å². The van der Waals surface area contributed by atoms with Crippen molar-refractivity contribution in [3.8, 4) is 0 Å². The molecule has 0 aliphatic carbocycles. The molecule has 2 atom stereocenters. The number of carbonyl (C=O) groups excluding carboxylic acids is 1. The van der Waals surface area contributed by atoms with Crippen LogP contribution in [0.4, 0.5) is 10.1 Å². The molecule has 1 amide bonds. The Balaban J connectivity index is 1.65. The third kappa shape index (κ3) is 4.22. The van der Waals surface area contributed by atoms with Crippen LogP contribution in [0.25, 0.3) is 10.8 Å². The van der Waals surface area contributed by atoms with E-state index in [1.165, 1.54) is 22.9 Å². The molecular formula is C21H21FN2O. The van der Waals surface area contributed by atoms with E-state index in [4.69, 9.17) is 0 Å². The first-order valence-corrected chi connectivity index (χ1v) is 8.34. The van der Waals surface area contributed by atoms with Gasteiger partial charge in [0.1, 0.15) is 5.82 Å². The van der Waals surface area contributed by atoms with Crippen molar-refractivity contribution in [1.82, 2.24) is 5.32 Å². The lowest BCUT2D eigenvalue weighted by Gasteiger charge is -2.20. The molecule has 0 saturated heterocycles. The standard InChI is InChI=1S/C21H21FN2O/c1-14(17-8-7-16-5-3-4-6-18(16)13-17)23-15(2)21(25)24-20-11-9-19(22)10-12-20/h3-15,23H,1-2H3,(H,24,25)/t14-,15-/m1/s1. The number of benzene rings is 3. The average molecular weight is 336 g/mol. The Bertz CT molecular complexity index is 876. The van der Waals surface area contributed by atoms with E-state index in [1.807, 2.05) is 26.0 Å². The summed E-state index contributed by atoms with van der Waals surface area (Å²) in [6.07, 6.45) is 0. The molecule has 3 aromatic carbocycles. The number of fused-ring (bicyclic) bond motifs is 1.